The molecule has 0 saturated carbocycles. The highest BCUT2D eigenvalue weighted by Crippen LogP contribution is 2.16. The van der Waals surface area contributed by atoms with E-state index in [-0.39, 0.29) is 12.2 Å². The van der Waals surface area contributed by atoms with E-state index in [2.05, 4.69) is 0 Å². The largest absolute Gasteiger partial charge is 0.494 e. The van der Waals surface area contributed by atoms with Crippen LogP contribution in [-0.2, 0) is 6.42 Å². The van der Waals surface area contributed by atoms with Gasteiger partial charge in [0.05, 0.1) is 6.61 Å². The third-order valence-electron chi connectivity index (χ3n) is 2.98. The molecular formula is C17H16F2O2. The highest BCUT2D eigenvalue weighted by molar-refractivity contribution is 5.97. The summed E-state index contributed by atoms with van der Waals surface area (Å²) in [5.74, 6) is -1.39. The molecule has 0 atom stereocenters. The number of carbonyl (C=O) groups is 1. The predicted octanol–water partition coefficient (Wildman–Crippen LogP) is 4.18. The van der Waals surface area contributed by atoms with E-state index in [9.17, 15) is 13.6 Å². The lowest BCUT2D eigenvalue weighted by Gasteiger charge is -2.07. The lowest BCUT2D eigenvalue weighted by atomic mass is 10.0. The second-order valence-electron chi connectivity index (χ2n) is 4.72. The summed E-state index contributed by atoms with van der Waals surface area (Å²) in [6.07, 6.45) is 0.904. The van der Waals surface area contributed by atoms with Gasteiger partial charge in [-0.2, -0.15) is 0 Å². The number of halogens is 2. The van der Waals surface area contributed by atoms with Crippen molar-refractivity contribution in [2.45, 2.75) is 19.8 Å². The van der Waals surface area contributed by atoms with Gasteiger partial charge in [0.15, 0.2) is 17.4 Å². The quantitative estimate of drug-likeness (QED) is 0.746. The Balaban J connectivity index is 2.10. The summed E-state index contributed by atoms with van der Waals surface area (Å²) in [4.78, 5) is 12.2. The van der Waals surface area contributed by atoms with Gasteiger partial charge < -0.3 is 4.74 Å². The van der Waals surface area contributed by atoms with Crippen molar-refractivity contribution in [1.29, 1.82) is 0 Å². The number of hydrogen-bond donors (Lipinski definition) is 0. The molecule has 2 aromatic carbocycles. The highest BCUT2D eigenvalue weighted by Gasteiger charge is 2.10. The monoisotopic (exact) mass is 290 g/mol. The molecule has 2 aromatic rings. The number of benzene rings is 2. The minimum Gasteiger partial charge on any atom is -0.494 e. The maximum absolute atomic E-state index is 13.1. The molecule has 0 bridgehead atoms. The standard InChI is InChI=1S/C17H16F2O2/c1-2-8-21-14-5-3-4-13(11-14)17(20)10-12-6-7-15(18)16(19)9-12/h3-7,9,11H,2,8,10H2,1H3. The van der Waals surface area contributed by atoms with E-state index >= 15 is 0 Å². The van der Waals surface area contributed by atoms with Crippen LogP contribution >= 0.6 is 0 Å². The van der Waals surface area contributed by atoms with Crippen molar-refractivity contribution in [3.63, 3.8) is 0 Å². The Bertz CT molecular complexity index is 638. The van der Waals surface area contributed by atoms with Gasteiger partial charge in [-0.05, 0) is 36.2 Å². The Hall–Kier alpha value is -2.23. The first-order valence-electron chi connectivity index (χ1n) is 6.80. The van der Waals surface area contributed by atoms with Crippen LogP contribution in [0.1, 0.15) is 29.3 Å². The van der Waals surface area contributed by atoms with E-state index in [4.69, 9.17) is 4.74 Å². The molecule has 4 heteroatoms. The first-order chi connectivity index (χ1) is 10.1. The SMILES string of the molecule is CCCOc1cccc(C(=O)Cc2ccc(F)c(F)c2)c1. The minimum atomic E-state index is -0.944. The van der Waals surface area contributed by atoms with Crippen molar-refractivity contribution in [1.82, 2.24) is 0 Å². The maximum atomic E-state index is 13.1. The van der Waals surface area contributed by atoms with Crippen molar-refractivity contribution in [3.8, 4) is 5.75 Å². The molecular weight excluding hydrogens is 274 g/mol. The molecule has 0 heterocycles. The Labute approximate surface area is 122 Å². The second-order valence-corrected chi connectivity index (χ2v) is 4.72. The van der Waals surface area contributed by atoms with Crippen LogP contribution in [0.15, 0.2) is 42.5 Å². The van der Waals surface area contributed by atoms with E-state index in [0.717, 1.165) is 18.6 Å². The fourth-order valence-corrected chi connectivity index (χ4v) is 1.92. The number of ketones is 1. The summed E-state index contributed by atoms with van der Waals surface area (Å²) >= 11 is 0. The minimum absolute atomic E-state index is 0.0223. The molecule has 0 radical (unpaired) electrons. The molecule has 0 unspecified atom stereocenters. The summed E-state index contributed by atoms with van der Waals surface area (Å²) in [5.41, 5.74) is 0.937. The number of Topliss-reactive ketones (excluding diaryl/α,β-unsaturated/α-hetero) is 1. The summed E-state index contributed by atoms with van der Waals surface area (Å²) in [5, 5.41) is 0. The van der Waals surface area contributed by atoms with Gasteiger partial charge in [0, 0.05) is 12.0 Å². The smallest absolute Gasteiger partial charge is 0.167 e. The third-order valence-corrected chi connectivity index (χ3v) is 2.98. The van der Waals surface area contributed by atoms with Crippen LogP contribution in [0.2, 0.25) is 0 Å². The first-order valence-corrected chi connectivity index (χ1v) is 6.80. The summed E-state index contributed by atoms with van der Waals surface area (Å²) in [6.45, 7) is 2.58. The number of hydrogen-bond acceptors (Lipinski definition) is 2. The molecule has 2 nitrogen and oxygen atoms in total. The average molecular weight is 290 g/mol. The van der Waals surface area contributed by atoms with E-state index in [1.165, 1.54) is 6.07 Å². The van der Waals surface area contributed by atoms with Crippen LogP contribution in [0.5, 0.6) is 5.75 Å². The van der Waals surface area contributed by atoms with Crippen molar-refractivity contribution < 1.29 is 18.3 Å². The van der Waals surface area contributed by atoms with Gasteiger partial charge in [-0.15, -0.1) is 0 Å². The Kier molecular flexibility index (Phi) is 5.04. The van der Waals surface area contributed by atoms with Crippen LogP contribution < -0.4 is 4.74 Å². The topological polar surface area (TPSA) is 26.3 Å². The fourth-order valence-electron chi connectivity index (χ4n) is 1.92. The normalized spacial score (nSPS) is 10.4. The number of rotatable bonds is 6. The van der Waals surface area contributed by atoms with Gasteiger partial charge in [-0.1, -0.05) is 25.1 Å². The molecule has 0 aliphatic carbocycles. The van der Waals surface area contributed by atoms with Gasteiger partial charge >= 0.3 is 0 Å². The van der Waals surface area contributed by atoms with Gasteiger partial charge in [-0.3, -0.25) is 4.79 Å². The molecule has 0 spiro atoms. The van der Waals surface area contributed by atoms with Crippen LogP contribution in [0.4, 0.5) is 8.78 Å². The van der Waals surface area contributed by atoms with Crippen LogP contribution in [0.3, 0.4) is 0 Å². The molecule has 110 valence electrons. The van der Waals surface area contributed by atoms with Gasteiger partial charge in [0.2, 0.25) is 0 Å². The fraction of sp³-hybridized carbons (Fsp3) is 0.235. The molecule has 0 saturated heterocycles. The zero-order chi connectivity index (χ0) is 15.2. The Morgan fingerprint density at radius 2 is 1.90 bits per heavy atom. The van der Waals surface area contributed by atoms with Crippen LogP contribution in [0, 0.1) is 11.6 Å². The van der Waals surface area contributed by atoms with Crippen molar-refractivity contribution in [3.05, 3.63) is 65.2 Å². The molecule has 0 amide bonds. The van der Waals surface area contributed by atoms with Gasteiger partial charge in [0.25, 0.3) is 0 Å². The van der Waals surface area contributed by atoms with Crippen LogP contribution in [0.25, 0.3) is 0 Å². The molecule has 21 heavy (non-hydrogen) atoms. The van der Waals surface area contributed by atoms with E-state index in [1.54, 1.807) is 24.3 Å². The summed E-state index contributed by atoms with van der Waals surface area (Å²) in [6, 6.07) is 10.4. The van der Waals surface area contributed by atoms with Gasteiger partial charge in [0.1, 0.15) is 5.75 Å². The first kappa shape index (κ1) is 15.2. The maximum Gasteiger partial charge on any atom is 0.167 e. The molecule has 0 fully saturated rings. The summed E-state index contributed by atoms with van der Waals surface area (Å²) < 4.78 is 31.5. The predicted molar refractivity (Wildman–Crippen MR) is 76.6 cm³/mol. The third kappa shape index (κ3) is 4.12. The zero-order valence-electron chi connectivity index (χ0n) is 11.7. The van der Waals surface area contributed by atoms with E-state index in [0.29, 0.717) is 23.5 Å². The lowest BCUT2D eigenvalue weighted by molar-refractivity contribution is 0.0992. The number of ether oxygens (including phenoxy) is 1. The summed E-state index contributed by atoms with van der Waals surface area (Å²) in [7, 11) is 0. The Morgan fingerprint density at radius 3 is 2.62 bits per heavy atom. The van der Waals surface area contributed by atoms with Crippen molar-refractivity contribution >= 4 is 5.78 Å². The van der Waals surface area contributed by atoms with Crippen LogP contribution in [-0.4, -0.2) is 12.4 Å². The van der Waals surface area contributed by atoms with E-state index in [1.807, 2.05) is 6.92 Å². The average Bonchev–Trinajstić information content (AvgIpc) is 2.49. The molecule has 0 aromatic heterocycles. The second kappa shape index (κ2) is 6.97. The highest BCUT2D eigenvalue weighted by atomic mass is 19.2. The molecule has 0 aliphatic heterocycles. The van der Waals surface area contributed by atoms with Crippen molar-refractivity contribution in [2.75, 3.05) is 6.61 Å². The number of carbonyl (C=O) groups excluding carboxylic acids is 1. The van der Waals surface area contributed by atoms with E-state index < -0.39 is 11.6 Å². The van der Waals surface area contributed by atoms with Gasteiger partial charge in [-0.25, -0.2) is 8.78 Å². The zero-order valence-corrected chi connectivity index (χ0v) is 11.7. The molecule has 0 N–H and O–H groups in total. The van der Waals surface area contributed by atoms with Crippen molar-refractivity contribution in [2.24, 2.45) is 0 Å². The lowest BCUT2D eigenvalue weighted by Crippen LogP contribution is -2.05. The molecule has 2 rings (SSSR count). The molecule has 0 aliphatic rings. The Morgan fingerprint density at radius 1 is 1.10 bits per heavy atom.